The summed E-state index contributed by atoms with van der Waals surface area (Å²) in [6, 6.07) is 28.5. The molecule has 0 unspecified atom stereocenters. The van der Waals surface area contributed by atoms with E-state index in [1.165, 1.54) is 11.1 Å². The highest BCUT2D eigenvalue weighted by Gasteiger charge is 1.98. The molecule has 0 spiro atoms. The highest BCUT2D eigenvalue weighted by Crippen LogP contribution is 2.19. The number of para-hydroxylation sites is 1. The van der Waals surface area contributed by atoms with Gasteiger partial charge in [-0.25, -0.2) is 4.99 Å². The van der Waals surface area contributed by atoms with E-state index >= 15 is 0 Å². The summed E-state index contributed by atoms with van der Waals surface area (Å²) in [6.07, 6.45) is 0. The number of benzene rings is 3. The van der Waals surface area contributed by atoms with Crippen LogP contribution in [-0.2, 0) is 6.54 Å². The summed E-state index contributed by atoms with van der Waals surface area (Å²) in [5, 5.41) is 3.08. The molecule has 0 aliphatic heterocycles. The first kappa shape index (κ1) is 14.9. The molecule has 0 aromatic heterocycles. The summed E-state index contributed by atoms with van der Waals surface area (Å²) in [4.78, 5) is 4.38. The second-order valence-corrected chi connectivity index (χ2v) is 5.26. The molecule has 114 valence electrons. The van der Waals surface area contributed by atoms with Crippen molar-refractivity contribution < 1.29 is 0 Å². The molecule has 0 aliphatic rings. The van der Waals surface area contributed by atoms with Crippen LogP contribution in [0.5, 0.6) is 0 Å². The van der Waals surface area contributed by atoms with Crippen molar-refractivity contribution in [3.8, 4) is 11.1 Å². The van der Waals surface area contributed by atoms with E-state index in [9.17, 15) is 0 Å². The fourth-order valence-electron chi connectivity index (χ4n) is 2.32. The molecule has 3 rings (SSSR count). The molecule has 0 fully saturated rings. The zero-order chi connectivity index (χ0) is 15.9. The van der Waals surface area contributed by atoms with Crippen LogP contribution in [0.2, 0.25) is 0 Å². The van der Waals surface area contributed by atoms with Gasteiger partial charge < -0.3 is 11.1 Å². The van der Waals surface area contributed by atoms with Crippen LogP contribution < -0.4 is 11.1 Å². The van der Waals surface area contributed by atoms with Crippen molar-refractivity contribution in [3.05, 3.63) is 90.5 Å². The maximum Gasteiger partial charge on any atom is 0.193 e. The average Bonchev–Trinajstić information content (AvgIpc) is 2.62. The van der Waals surface area contributed by atoms with Gasteiger partial charge in [-0.15, -0.1) is 0 Å². The van der Waals surface area contributed by atoms with Crippen molar-refractivity contribution >= 4 is 11.6 Å². The molecule has 3 N–H and O–H groups in total. The highest BCUT2D eigenvalue weighted by molar-refractivity contribution is 5.92. The van der Waals surface area contributed by atoms with Crippen molar-refractivity contribution in [1.82, 2.24) is 0 Å². The fraction of sp³-hybridized carbons (Fsp3) is 0.0500. The summed E-state index contributed by atoms with van der Waals surface area (Å²) in [5.41, 5.74) is 10.4. The first-order valence-corrected chi connectivity index (χ1v) is 7.57. The SMILES string of the molecule is NC(=NCc1ccc(-c2ccccc2)cc1)Nc1ccccc1. The number of anilines is 1. The molecule has 0 saturated carbocycles. The molecule has 0 atom stereocenters. The number of nitrogens with two attached hydrogens (primary N) is 1. The lowest BCUT2D eigenvalue weighted by atomic mass is 10.0. The number of nitrogens with one attached hydrogen (secondary N) is 1. The van der Waals surface area contributed by atoms with Crippen LogP contribution in [-0.4, -0.2) is 5.96 Å². The molecule has 3 aromatic rings. The molecule has 3 nitrogen and oxygen atoms in total. The zero-order valence-corrected chi connectivity index (χ0v) is 12.8. The van der Waals surface area contributed by atoms with Gasteiger partial charge in [0.05, 0.1) is 6.54 Å². The van der Waals surface area contributed by atoms with Crippen molar-refractivity contribution in [2.75, 3.05) is 5.32 Å². The number of rotatable bonds is 4. The normalized spacial score (nSPS) is 11.2. The third kappa shape index (κ3) is 4.20. The van der Waals surface area contributed by atoms with Crippen molar-refractivity contribution in [1.29, 1.82) is 0 Å². The second-order valence-electron chi connectivity index (χ2n) is 5.26. The topological polar surface area (TPSA) is 50.4 Å². The van der Waals surface area contributed by atoms with Gasteiger partial charge >= 0.3 is 0 Å². The zero-order valence-electron chi connectivity index (χ0n) is 12.8. The van der Waals surface area contributed by atoms with E-state index in [0.717, 1.165) is 11.3 Å². The van der Waals surface area contributed by atoms with Crippen molar-refractivity contribution in [3.63, 3.8) is 0 Å². The molecule has 3 heteroatoms. The van der Waals surface area contributed by atoms with E-state index < -0.39 is 0 Å². The molecule has 0 heterocycles. The molecule has 0 amide bonds. The highest BCUT2D eigenvalue weighted by atomic mass is 15.1. The number of hydrogen-bond acceptors (Lipinski definition) is 1. The fourth-order valence-corrected chi connectivity index (χ4v) is 2.32. The third-order valence-corrected chi connectivity index (χ3v) is 3.54. The number of guanidine groups is 1. The van der Waals surface area contributed by atoms with E-state index in [1.54, 1.807) is 0 Å². The number of aliphatic imine (C=N–C) groups is 1. The number of hydrogen-bond donors (Lipinski definition) is 2. The summed E-state index contributed by atoms with van der Waals surface area (Å²) >= 11 is 0. The Labute approximate surface area is 136 Å². The molecular formula is C20H19N3. The van der Waals surface area contributed by atoms with Gasteiger partial charge in [-0.3, -0.25) is 0 Å². The molecule has 23 heavy (non-hydrogen) atoms. The van der Waals surface area contributed by atoms with Crippen molar-refractivity contribution in [2.45, 2.75) is 6.54 Å². The Morgan fingerprint density at radius 3 is 1.96 bits per heavy atom. The van der Waals surface area contributed by atoms with Crippen LogP contribution in [0.25, 0.3) is 11.1 Å². The predicted molar refractivity (Wildman–Crippen MR) is 97.3 cm³/mol. The quantitative estimate of drug-likeness (QED) is 0.558. The van der Waals surface area contributed by atoms with Gasteiger partial charge in [0.1, 0.15) is 0 Å². The smallest absolute Gasteiger partial charge is 0.193 e. The molecule has 0 radical (unpaired) electrons. The molecule has 0 saturated heterocycles. The lowest BCUT2D eigenvalue weighted by Gasteiger charge is -2.06. The average molecular weight is 301 g/mol. The van der Waals surface area contributed by atoms with E-state index in [-0.39, 0.29) is 0 Å². The Morgan fingerprint density at radius 1 is 0.739 bits per heavy atom. The first-order valence-electron chi connectivity index (χ1n) is 7.57. The van der Waals surface area contributed by atoms with Crippen LogP contribution in [0.3, 0.4) is 0 Å². The van der Waals surface area contributed by atoms with Gasteiger partial charge in [-0.1, -0.05) is 72.8 Å². The molecular weight excluding hydrogens is 282 g/mol. The minimum Gasteiger partial charge on any atom is -0.370 e. The lowest BCUT2D eigenvalue weighted by Crippen LogP contribution is -2.22. The van der Waals surface area contributed by atoms with Gasteiger partial charge in [-0.05, 0) is 28.8 Å². The Kier molecular flexibility index (Phi) is 4.69. The molecule has 0 bridgehead atoms. The monoisotopic (exact) mass is 301 g/mol. The Bertz CT molecular complexity index is 763. The van der Waals surface area contributed by atoms with Crippen LogP contribution in [0.4, 0.5) is 5.69 Å². The van der Waals surface area contributed by atoms with Crippen LogP contribution in [0, 0.1) is 0 Å². The van der Waals surface area contributed by atoms with Gasteiger partial charge in [0.2, 0.25) is 0 Å². The van der Waals surface area contributed by atoms with Gasteiger partial charge in [0, 0.05) is 5.69 Å². The van der Waals surface area contributed by atoms with Gasteiger partial charge in [-0.2, -0.15) is 0 Å². The van der Waals surface area contributed by atoms with Gasteiger partial charge in [0.15, 0.2) is 5.96 Å². The van der Waals surface area contributed by atoms with Crippen LogP contribution in [0.15, 0.2) is 89.9 Å². The van der Waals surface area contributed by atoms with Gasteiger partial charge in [0.25, 0.3) is 0 Å². The maximum atomic E-state index is 5.91. The van der Waals surface area contributed by atoms with E-state index in [4.69, 9.17) is 5.73 Å². The summed E-state index contributed by atoms with van der Waals surface area (Å²) < 4.78 is 0. The third-order valence-electron chi connectivity index (χ3n) is 3.54. The molecule has 3 aromatic carbocycles. The van der Waals surface area contributed by atoms with Crippen LogP contribution in [0.1, 0.15) is 5.56 Å². The van der Waals surface area contributed by atoms with E-state index in [2.05, 4.69) is 46.7 Å². The standard InChI is InChI=1S/C20H19N3/c21-20(23-19-9-5-2-6-10-19)22-15-16-11-13-18(14-12-16)17-7-3-1-4-8-17/h1-14H,15H2,(H3,21,22,23). The summed E-state index contributed by atoms with van der Waals surface area (Å²) in [6.45, 7) is 0.556. The predicted octanol–water partition coefficient (Wildman–Crippen LogP) is 4.28. The van der Waals surface area contributed by atoms with E-state index in [1.807, 2.05) is 48.5 Å². The minimum atomic E-state index is 0.420. The minimum absolute atomic E-state index is 0.420. The molecule has 0 aliphatic carbocycles. The second kappa shape index (κ2) is 7.27. The first-order chi connectivity index (χ1) is 11.3. The Hall–Kier alpha value is -3.07. The lowest BCUT2D eigenvalue weighted by molar-refractivity contribution is 1.06. The Morgan fingerprint density at radius 2 is 1.30 bits per heavy atom. The largest absolute Gasteiger partial charge is 0.370 e. The van der Waals surface area contributed by atoms with Crippen molar-refractivity contribution in [2.24, 2.45) is 10.7 Å². The maximum absolute atomic E-state index is 5.91. The van der Waals surface area contributed by atoms with Crippen LogP contribution >= 0.6 is 0 Å². The van der Waals surface area contributed by atoms with E-state index in [0.29, 0.717) is 12.5 Å². The summed E-state index contributed by atoms with van der Waals surface area (Å²) in [7, 11) is 0. The Balaban J connectivity index is 1.63. The number of nitrogens with zero attached hydrogens (tertiary/aromatic N) is 1. The summed E-state index contributed by atoms with van der Waals surface area (Å²) in [5.74, 6) is 0.420.